The summed E-state index contributed by atoms with van der Waals surface area (Å²) in [5.74, 6) is -0.440. The van der Waals surface area contributed by atoms with Crippen LogP contribution in [0.5, 0.6) is 5.75 Å². The zero-order valence-electron chi connectivity index (χ0n) is 25.1. The Morgan fingerprint density at radius 2 is 1.44 bits per heavy atom. The van der Waals surface area contributed by atoms with Crippen LogP contribution in [0.2, 0.25) is 0 Å². The van der Waals surface area contributed by atoms with Gasteiger partial charge in [-0.1, -0.05) is 115 Å². The molecule has 0 saturated heterocycles. The number of hydrogen-bond donors (Lipinski definition) is 2. The third-order valence-electron chi connectivity index (χ3n) is 7.72. The number of ether oxygens (including phenoxy) is 1. The van der Waals surface area contributed by atoms with Crippen LogP contribution in [-0.4, -0.2) is 35.9 Å². The molecule has 0 spiro atoms. The predicted molar refractivity (Wildman–Crippen MR) is 184 cm³/mol. The second kappa shape index (κ2) is 14.6. The van der Waals surface area contributed by atoms with E-state index in [1.54, 1.807) is 30.0 Å². The van der Waals surface area contributed by atoms with Crippen molar-refractivity contribution in [3.63, 3.8) is 0 Å². The van der Waals surface area contributed by atoms with E-state index in [0.717, 1.165) is 38.6 Å². The number of phenols is 1. The van der Waals surface area contributed by atoms with E-state index in [-0.39, 0.29) is 11.5 Å². The van der Waals surface area contributed by atoms with E-state index in [1.165, 1.54) is 13.2 Å². The normalized spacial score (nSPS) is 12.1. The summed E-state index contributed by atoms with van der Waals surface area (Å²) >= 11 is 1.58. The molecule has 0 fully saturated rings. The van der Waals surface area contributed by atoms with Crippen molar-refractivity contribution in [1.29, 1.82) is 0 Å². The minimum atomic E-state index is -0.895. The lowest BCUT2D eigenvalue weighted by Crippen LogP contribution is -2.43. The van der Waals surface area contributed by atoms with Gasteiger partial charge >= 0.3 is 5.97 Å². The van der Waals surface area contributed by atoms with Gasteiger partial charge in [0.15, 0.2) is 0 Å². The lowest BCUT2D eigenvalue weighted by molar-refractivity contribution is -0.143. The number of carbonyl (C=O) groups is 2. The van der Waals surface area contributed by atoms with Gasteiger partial charge in [0.25, 0.3) is 0 Å². The van der Waals surface area contributed by atoms with E-state index >= 15 is 0 Å². The van der Waals surface area contributed by atoms with Gasteiger partial charge in [0.1, 0.15) is 11.8 Å². The van der Waals surface area contributed by atoms with Crippen molar-refractivity contribution in [3.8, 4) is 5.75 Å². The van der Waals surface area contributed by atoms with E-state index in [9.17, 15) is 14.7 Å². The van der Waals surface area contributed by atoms with Gasteiger partial charge in [-0.05, 0) is 57.7 Å². The molecule has 0 aliphatic heterocycles. The maximum Gasteiger partial charge on any atom is 0.329 e. The van der Waals surface area contributed by atoms with Gasteiger partial charge in [-0.25, -0.2) is 4.79 Å². The molecule has 5 aromatic carbocycles. The number of carbonyl (C=O) groups excluding carboxylic acids is 2. The molecule has 0 aliphatic carbocycles. The van der Waals surface area contributed by atoms with Crippen molar-refractivity contribution in [2.24, 2.45) is 0 Å². The Labute approximate surface area is 268 Å². The SMILES string of the molecule is C=CCc1c(O)ccc2cc(C=CC(=O)N[C@H](CSC(c3ccccc3)(c3ccccc3)c3ccccc3)C(=O)OC)ccc12. The molecule has 0 aromatic heterocycles. The second-order valence-corrected chi connectivity index (χ2v) is 11.8. The molecule has 0 radical (unpaired) electrons. The Morgan fingerprint density at radius 3 is 1.98 bits per heavy atom. The van der Waals surface area contributed by atoms with E-state index in [4.69, 9.17) is 4.74 Å². The number of nitrogens with one attached hydrogen (secondary N) is 1. The number of benzene rings is 5. The van der Waals surface area contributed by atoms with Crippen LogP contribution < -0.4 is 5.32 Å². The zero-order valence-corrected chi connectivity index (χ0v) is 25.9. The van der Waals surface area contributed by atoms with Crippen LogP contribution >= 0.6 is 11.8 Å². The predicted octanol–water partition coefficient (Wildman–Crippen LogP) is 7.67. The summed E-state index contributed by atoms with van der Waals surface area (Å²) in [7, 11) is 1.33. The summed E-state index contributed by atoms with van der Waals surface area (Å²) in [6.45, 7) is 3.78. The molecule has 1 atom stereocenters. The van der Waals surface area contributed by atoms with Gasteiger partial charge in [0.2, 0.25) is 5.91 Å². The summed E-state index contributed by atoms with van der Waals surface area (Å²) in [6.07, 6.45) is 5.43. The molecule has 6 heteroatoms. The minimum Gasteiger partial charge on any atom is -0.508 e. The largest absolute Gasteiger partial charge is 0.508 e. The highest BCUT2D eigenvalue weighted by molar-refractivity contribution is 8.00. The van der Waals surface area contributed by atoms with E-state index < -0.39 is 22.7 Å². The number of fused-ring (bicyclic) bond motifs is 1. The molecule has 1 amide bonds. The van der Waals surface area contributed by atoms with E-state index in [1.807, 2.05) is 78.9 Å². The van der Waals surface area contributed by atoms with Gasteiger partial charge in [0, 0.05) is 17.4 Å². The Morgan fingerprint density at radius 1 is 0.867 bits per heavy atom. The molecular weight excluding hydrogens is 578 g/mol. The minimum absolute atomic E-state index is 0.229. The van der Waals surface area contributed by atoms with Crippen LogP contribution in [0.25, 0.3) is 16.8 Å². The highest BCUT2D eigenvalue weighted by Gasteiger charge is 2.38. The fourth-order valence-electron chi connectivity index (χ4n) is 5.54. The first-order chi connectivity index (χ1) is 22.0. The van der Waals surface area contributed by atoms with Gasteiger partial charge in [-0.15, -0.1) is 18.3 Å². The number of allylic oxidation sites excluding steroid dienone is 1. The third kappa shape index (κ3) is 7.03. The summed E-state index contributed by atoms with van der Waals surface area (Å²) in [5.41, 5.74) is 4.80. The Bertz CT molecular complexity index is 1710. The molecule has 0 saturated carbocycles. The van der Waals surface area contributed by atoms with Crippen LogP contribution in [-0.2, 0) is 25.5 Å². The standard InChI is InChI=1S/C39H35NO4S/c1-3-13-34-33-23-20-28(26-29(33)22-24-36(34)41)21-25-37(42)40-35(38(43)44-2)27-45-39(30-14-7-4-8-15-30,31-16-9-5-10-17-31)32-18-11-6-12-19-32/h3-12,14-26,35,41H,1,13,27H2,2H3,(H,40,42)/t35-/m1/s1. The molecule has 226 valence electrons. The van der Waals surface area contributed by atoms with Gasteiger partial charge < -0.3 is 15.2 Å². The molecular formula is C39H35NO4S. The Hall–Kier alpha value is -5.07. The molecule has 0 bridgehead atoms. The van der Waals surface area contributed by atoms with Crippen LogP contribution in [0.4, 0.5) is 0 Å². The van der Waals surface area contributed by atoms with Crippen molar-refractivity contribution in [3.05, 3.63) is 168 Å². The number of aromatic hydroxyl groups is 1. The van der Waals surface area contributed by atoms with Crippen molar-refractivity contribution in [1.82, 2.24) is 5.32 Å². The first-order valence-corrected chi connectivity index (χ1v) is 15.7. The molecule has 0 heterocycles. The molecule has 0 aliphatic rings. The lowest BCUT2D eigenvalue weighted by Gasteiger charge is -2.36. The van der Waals surface area contributed by atoms with Crippen LogP contribution in [0, 0.1) is 0 Å². The zero-order chi connectivity index (χ0) is 31.6. The number of phenolic OH excluding ortho intramolecular Hbond substituents is 1. The van der Waals surface area contributed by atoms with Crippen molar-refractivity contribution in [2.45, 2.75) is 17.2 Å². The van der Waals surface area contributed by atoms with Gasteiger partial charge in [-0.2, -0.15) is 0 Å². The van der Waals surface area contributed by atoms with E-state index in [2.05, 4.69) is 48.3 Å². The number of amides is 1. The monoisotopic (exact) mass is 613 g/mol. The molecule has 5 nitrogen and oxygen atoms in total. The van der Waals surface area contributed by atoms with Crippen molar-refractivity contribution in [2.75, 3.05) is 12.9 Å². The number of hydrogen-bond acceptors (Lipinski definition) is 5. The first-order valence-electron chi connectivity index (χ1n) is 14.7. The van der Waals surface area contributed by atoms with Gasteiger partial charge in [0.05, 0.1) is 11.9 Å². The first kappa shape index (κ1) is 31.4. The highest BCUT2D eigenvalue weighted by atomic mass is 32.2. The lowest BCUT2D eigenvalue weighted by atomic mass is 9.84. The number of rotatable bonds is 12. The number of thioether (sulfide) groups is 1. The summed E-state index contributed by atoms with van der Waals surface area (Å²) < 4.78 is 4.48. The molecule has 5 rings (SSSR count). The third-order valence-corrected chi connectivity index (χ3v) is 9.36. The summed E-state index contributed by atoms with van der Waals surface area (Å²) in [5, 5.41) is 15.0. The second-order valence-electron chi connectivity index (χ2n) is 10.5. The smallest absolute Gasteiger partial charge is 0.329 e. The Kier molecular flexibility index (Phi) is 10.2. The summed E-state index contributed by atoms with van der Waals surface area (Å²) in [4.78, 5) is 26.2. The molecule has 45 heavy (non-hydrogen) atoms. The quantitative estimate of drug-likeness (QED) is 0.0654. The number of esters is 1. The van der Waals surface area contributed by atoms with Crippen molar-refractivity contribution >= 4 is 40.5 Å². The highest BCUT2D eigenvalue weighted by Crippen LogP contribution is 2.48. The fourth-order valence-corrected chi connectivity index (χ4v) is 7.09. The van der Waals surface area contributed by atoms with E-state index in [0.29, 0.717) is 6.42 Å². The maximum atomic E-state index is 13.2. The topological polar surface area (TPSA) is 75.6 Å². The average Bonchev–Trinajstić information content (AvgIpc) is 3.09. The maximum absolute atomic E-state index is 13.2. The van der Waals surface area contributed by atoms with Crippen molar-refractivity contribution < 1.29 is 19.4 Å². The average molecular weight is 614 g/mol. The van der Waals surface area contributed by atoms with Crippen LogP contribution in [0.3, 0.4) is 0 Å². The molecule has 0 unspecified atom stereocenters. The fraction of sp³-hybridized carbons (Fsp3) is 0.128. The van der Waals surface area contributed by atoms with Crippen LogP contribution in [0.1, 0.15) is 27.8 Å². The molecule has 5 aromatic rings. The Balaban J connectivity index is 1.41. The number of methoxy groups -OCH3 is 1. The van der Waals surface area contributed by atoms with Gasteiger partial charge in [-0.3, -0.25) is 4.79 Å². The molecule has 2 N–H and O–H groups in total. The summed E-state index contributed by atoms with van der Waals surface area (Å²) in [6, 6.07) is 38.9. The van der Waals surface area contributed by atoms with Crippen LogP contribution in [0.15, 0.2) is 140 Å².